The number of amides is 1. The van der Waals surface area contributed by atoms with Crippen LogP contribution in [0.2, 0.25) is 0 Å². The molecule has 0 fully saturated rings. The largest absolute Gasteiger partial charge is 0.497 e. The normalized spacial score (nSPS) is 11.5. The number of nitrogens with zero attached hydrogens (tertiary/aromatic N) is 3. The number of methoxy groups -OCH3 is 1. The first kappa shape index (κ1) is 21.8. The molecule has 0 atom stereocenters. The van der Waals surface area contributed by atoms with Crippen LogP contribution in [0, 0.1) is 0 Å². The lowest BCUT2D eigenvalue weighted by atomic mass is 10.2. The van der Waals surface area contributed by atoms with Gasteiger partial charge in [-0.1, -0.05) is 30.0 Å². The molecule has 0 saturated heterocycles. The third-order valence-corrected chi connectivity index (χ3v) is 6.55. The number of nitrogens with one attached hydrogen (secondary N) is 1. The molecule has 0 bridgehead atoms. The number of fused-ring (bicyclic) bond motifs is 1. The first-order chi connectivity index (χ1) is 15.6. The monoisotopic (exact) mass is 464 g/mol. The minimum absolute atomic E-state index is 0.0577. The molecular formula is C23H20N4O3S2. The molecule has 0 radical (unpaired) electrons. The summed E-state index contributed by atoms with van der Waals surface area (Å²) in [4.78, 5) is 31.3. The molecule has 162 valence electrons. The topological polar surface area (TPSA) is 85.6 Å². The summed E-state index contributed by atoms with van der Waals surface area (Å²) in [6.07, 6.45) is 0. The average molecular weight is 465 g/mol. The van der Waals surface area contributed by atoms with E-state index in [-0.39, 0.29) is 17.2 Å². The Morgan fingerprint density at radius 2 is 1.94 bits per heavy atom. The number of benzene rings is 2. The van der Waals surface area contributed by atoms with Crippen LogP contribution in [0.3, 0.4) is 0 Å². The smallest absolute Gasteiger partial charge is 0.266 e. The Morgan fingerprint density at radius 3 is 2.66 bits per heavy atom. The minimum atomic E-state index is -0.283. The van der Waals surface area contributed by atoms with E-state index in [4.69, 9.17) is 4.74 Å². The Kier molecular flexibility index (Phi) is 6.67. The van der Waals surface area contributed by atoms with Gasteiger partial charge < -0.3 is 4.74 Å². The predicted molar refractivity (Wildman–Crippen MR) is 129 cm³/mol. The number of hydrogen-bond donors (Lipinski definition) is 1. The molecule has 2 aromatic heterocycles. The van der Waals surface area contributed by atoms with Gasteiger partial charge in [0.25, 0.3) is 11.5 Å². The Hall–Kier alpha value is -3.43. The highest BCUT2D eigenvalue weighted by Crippen LogP contribution is 2.22. The van der Waals surface area contributed by atoms with E-state index in [0.29, 0.717) is 27.5 Å². The number of aromatic nitrogens is 2. The van der Waals surface area contributed by atoms with Crippen molar-refractivity contribution < 1.29 is 9.53 Å². The van der Waals surface area contributed by atoms with Crippen molar-refractivity contribution in [1.29, 1.82) is 0 Å². The summed E-state index contributed by atoms with van der Waals surface area (Å²) in [7, 11) is 1.58. The third-order valence-electron chi connectivity index (χ3n) is 4.63. The van der Waals surface area contributed by atoms with Gasteiger partial charge in [0.05, 0.1) is 35.2 Å². The van der Waals surface area contributed by atoms with Gasteiger partial charge in [0, 0.05) is 4.88 Å². The number of carbonyl (C=O) groups excluding carboxylic acids is 1. The van der Waals surface area contributed by atoms with Gasteiger partial charge in [0.2, 0.25) is 0 Å². The Balaban J connectivity index is 1.61. The van der Waals surface area contributed by atoms with Crippen molar-refractivity contribution in [3.8, 4) is 11.4 Å². The highest BCUT2D eigenvalue weighted by molar-refractivity contribution is 7.99. The molecule has 0 spiro atoms. The fraction of sp³-hybridized carbons (Fsp3) is 0.130. The van der Waals surface area contributed by atoms with E-state index < -0.39 is 0 Å². The molecule has 2 heterocycles. The molecule has 0 aliphatic carbocycles. The van der Waals surface area contributed by atoms with Crippen LogP contribution in [0.25, 0.3) is 16.6 Å². The lowest BCUT2D eigenvalue weighted by Crippen LogP contribution is -2.24. The molecule has 9 heteroatoms. The molecular weight excluding hydrogens is 444 g/mol. The maximum Gasteiger partial charge on any atom is 0.266 e. The number of hydrogen-bond acceptors (Lipinski definition) is 7. The van der Waals surface area contributed by atoms with Crippen LogP contribution in [0.1, 0.15) is 11.8 Å². The number of thiophene rings is 1. The van der Waals surface area contributed by atoms with Crippen LogP contribution < -0.4 is 15.7 Å². The van der Waals surface area contributed by atoms with E-state index in [1.807, 2.05) is 30.5 Å². The number of ether oxygens (including phenoxy) is 1. The summed E-state index contributed by atoms with van der Waals surface area (Å²) in [5, 5.41) is 7.04. The Bertz CT molecular complexity index is 1330. The predicted octanol–water partition coefficient (Wildman–Crippen LogP) is 4.09. The highest BCUT2D eigenvalue weighted by Gasteiger charge is 2.15. The first-order valence-corrected chi connectivity index (χ1v) is 11.6. The Morgan fingerprint density at radius 1 is 1.16 bits per heavy atom. The van der Waals surface area contributed by atoms with Gasteiger partial charge >= 0.3 is 0 Å². The summed E-state index contributed by atoms with van der Waals surface area (Å²) < 4.78 is 6.73. The van der Waals surface area contributed by atoms with E-state index in [0.717, 1.165) is 10.6 Å². The number of rotatable bonds is 7. The van der Waals surface area contributed by atoms with Gasteiger partial charge in [-0.2, -0.15) is 5.10 Å². The maximum absolute atomic E-state index is 13.3. The van der Waals surface area contributed by atoms with Gasteiger partial charge in [-0.25, -0.2) is 10.4 Å². The Labute approximate surface area is 192 Å². The number of para-hydroxylation sites is 1. The van der Waals surface area contributed by atoms with Gasteiger partial charge in [-0.15, -0.1) is 11.3 Å². The lowest BCUT2D eigenvalue weighted by Gasteiger charge is -2.13. The first-order valence-electron chi connectivity index (χ1n) is 9.73. The molecule has 7 nitrogen and oxygen atoms in total. The summed E-state index contributed by atoms with van der Waals surface area (Å²) in [6.45, 7) is 1.84. The summed E-state index contributed by atoms with van der Waals surface area (Å²) >= 11 is 2.73. The van der Waals surface area contributed by atoms with E-state index in [9.17, 15) is 9.59 Å². The zero-order chi connectivity index (χ0) is 22.5. The standard InChI is InChI=1S/C23H20N4O3S2/c1-15(20-8-5-13-31-20)25-26-21(28)14-32-23-24-19-7-4-3-6-18(19)22(29)27(23)16-9-11-17(30-2)12-10-16/h3-13H,14H2,1-2H3,(H,26,28)/b25-15+. The second-order valence-electron chi connectivity index (χ2n) is 6.75. The van der Waals surface area contributed by atoms with E-state index in [1.165, 1.54) is 16.3 Å². The second kappa shape index (κ2) is 9.80. The van der Waals surface area contributed by atoms with Gasteiger partial charge in [-0.3, -0.25) is 14.2 Å². The van der Waals surface area contributed by atoms with E-state index >= 15 is 0 Å². The molecule has 0 unspecified atom stereocenters. The van der Waals surface area contributed by atoms with Crippen molar-refractivity contribution in [2.45, 2.75) is 12.1 Å². The van der Waals surface area contributed by atoms with E-state index in [2.05, 4.69) is 15.5 Å². The number of carbonyl (C=O) groups is 1. The highest BCUT2D eigenvalue weighted by atomic mass is 32.2. The fourth-order valence-corrected chi connectivity index (χ4v) is 4.50. The van der Waals surface area contributed by atoms with Crippen LogP contribution in [0.4, 0.5) is 0 Å². The molecule has 4 aromatic rings. The molecule has 2 aromatic carbocycles. The summed E-state index contributed by atoms with van der Waals surface area (Å²) in [6, 6.07) is 18.2. The van der Waals surface area contributed by atoms with Gasteiger partial charge in [0.1, 0.15) is 5.75 Å². The average Bonchev–Trinajstić information content (AvgIpc) is 3.37. The van der Waals surface area contributed by atoms with Crippen LogP contribution >= 0.6 is 23.1 Å². The van der Waals surface area contributed by atoms with Crippen LogP contribution in [-0.4, -0.2) is 34.0 Å². The van der Waals surface area contributed by atoms with E-state index in [1.54, 1.807) is 60.9 Å². The van der Waals surface area contributed by atoms with Gasteiger partial charge in [0.15, 0.2) is 5.16 Å². The molecule has 1 amide bonds. The zero-order valence-electron chi connectivity index (χ0n) is 17.4. The molecule has 1 N–H and O–H groups in total. The quantitative estimate of drug-likeness (QED) is 0.193. The number of thioether (sulfide) groups is 1. The zero-order valence-corrected chi connectivity index (χ0v) is 19.1. The van der Waals surface area contributed by atoms with Crippen LogP contribution in [0.5, 0.6) is 5.75 Å². The van der Waals surface area contributed by atoms with Crippen LogP contribution in [0.15, 0.2) is 81.1 Å². The second-order valence-corrected chi connectivity index (χ2v) is 8.64. The molecule has 4 rings (SSSR count). The minimum Gasteiger partial charge on any atom is -0.497 e. The third kappa shape index (κ3) is 4.74. The van der Waals surface area contributed by atoms with Crippen LogP contribution in [-0.2, 0) is 4.79 Å². The molecule has 0 aliphatic heterocycles. The SMILES string of the molecule is COc1ccc(-n2c(SCC(=O)N/N=C(\C)c3cccs3)nc3ccccc3c2=O)cc1. The van der Waals surface area contributed by atoms with Crippen molar-refractivity contribution in [3.05, 3.63) is 81.3 Å². The van der Waals surface area contributed by atoms with Crippen molar-refractivity contribution in [1.82, 2.24) is 15.0 Å². The van der Waals surface area contributed by atoms with Crippen molar-refractivity contribution in [2.75, 3.05) is 12.9 Å². The van der Waals surface area contributed by atoms with Gasteiger partial charge in [-0.05, 0) is 54.8 Å². The van der Waals surface area contributed by atoms with Crippen molar-refractivity contribution in [3.63, 3.8) is 0 Å². The molecule has 0 aliphatic rings. The molecule has 0 saturated carbocycles. The summed E-state index contributed by atoms with van der Waals surface area (Å²) in [5.74, 6) is 0.458. The number of hydrazone groups is 1. The maximum atomic E-state index is 13.3. The molecule has 32 heavy (non-hydrogen) atoms. The van der Waals surface area contributed by atoms with Crippen molar-refractivity contribution >= 4 is 45.6 Å². The van der Waals surface area contributed by atoms with Crippen molar-refractivity contribution in [2.24, 2.45) is 5.10 Å². The fourth-order valence-electron chi connectivity index (χ4n) is 3.02. The summed E-state index contributed by atoms with van der Waals surface area (Å²) in [5.41, 5.74) is 4.33. The lowest BCUT2D eigenvalue weighted by molar-refractivity contribution is -0.118.